The smallest absolute Gasteiger partial charge is 0.0628 e. The van der Waals surface area contributed by atoms with Crippen LogP contribution in [0.2, 0.25) is 0 Å². The Bertz CT molecular complexity index is 179. The fourth-order valence-electron chi connectivity index (χ4n) is 1.53. The van der Waals surface area contributed by atoms with Crippen molar-refractivity contribution in [2.24, 2.45) is 0 Å². The molecular weight excluding hydrogens is 150 g/mol. The maximum Gasteiger partial charge on any atom is 0.0628 e. The normalized spacial score (nSPS) is 20.8. The first-order valence-electron chi connectivity index (χ1n) is 4.56. The quantitative estimate of drug-likeness (QED) is 0.632. The largest absolute Gasteiger partial charge is 0.390 e. The summed E-state index contributed by atoms with van der Waals surface area (Å²) in [6.45, 7) is 5.89. The first-order valence-corrected chi connectivity index (χ1v) is 4.56. The second kappa shape index (κ2) is 3.58. The third-order valence-corrected chi connectivity index (χ3v) is 2.17. The van der Waals surface area contributed by atoms with Crippen LogP contribution in [0.1, 0.15) is 26.7 Å². The molecule has 0 aromatic rings. The van der Waals surface area contributed by atoms with Gasteiger partial charge in [-0.2, -0.15) is 0 Å². The molecule has 0 spiro atoms. The van der Waals surface area contributed by atoms with Crippen LogP contribution in [0.25, 0.3) is 0 Å². The van der Waals surface area contributed by atoms with E-state index in [1.807, 2.05) is 13.8 Å². The fourth-order valence-corrected chi connectivity index (χ4v) is 1.53. The molecule has 12 heavy (non-hydrogen) atoms. The summed E-state index contributed by atoms with van der Waals surface area (Å²) in [6, 6.07) is 0. The van der Waals surface area contributed by atoms with Crippen molar-refractivity contribution in [2.75, 3.05) is 20.1 Å². The van der Waals surface area contributed by atoms with Crippen molar-refractivity contribution in [3.63, 3.8) is 0 Å². The van der Waals surface area contributed by atoms with E-state index >= 15 is 0 Å². The fraction of sp³-hybridized carbons (Fsp3) is 0.800. The average molecular weight is 169 g/mol. The van der Waals surface area contributed by atoms with Crippen LogP contribution in [-0.4, -0.2) is 35.7 Å². The monoisotopic (exact) mass is 169 g/mol. The van der Waals surface area contributed by atoms with E-state index in [1.54, 1.807) is 0 Å². The lowest BCUT2D eigenvalue weighted by Crippen LogP contribution is -2.27. The predicted molar refractivity (Wildman–Crippen MR) is 51.1 cm³/mol. The van der Waals surface area contributed by atoms with E-state index in [4.69, 9.17) is 0 Å². The van der Waals surface area contributed by atoms with Gasteiger partial charge in [0.15, 0.2) is 0 Å². The molecule has 0 amide bonds. The molecule has 0 saturated heterocycles. The van der Waals surface area contributed by atoms with Gasteiger partial charge in [0, 0.05) is 13.1 Å². The maximum absolute atomic E-state index is 9.58. The number of hydrogen-bond acceptors (Lipinski definition) is 2. The maximum atomic E-state index is 9.58. The molecule has 1 rings (SSSR count). The molecule has 1 aliphatic heterocycles. The molecule has 0 unspecified atom stereocenters. The van der Waals surface area contributed by atoms with Crippen molar-refractivity contribution >= 4 is 0 Å². The van der Waals surface area contributed by atoms with E-state index < -0.39 is 5.60 Å². The van der Waals surface area contributed by atoms with E-state index in [0.29, 0.717) is 0 Å². The van der Waals surface area contributed by atoms with Gasteiger partial charge in [0.25, 0.3) is 0 Å². The molecule has 0 radical (unpaired) electrons. The van der Waals surface area contributed by atoms with Gasteiger partial charge in [0.05, 0.1) is 5.60 Å². The first-order chi connectivity index (χ1) is 5.47. The van der Waals surface area contributed by atoms with Gasteiger partial charge in [0.1, 0.15) is 0 Å². The van der Waals surface area contributed by atoms with Crippen molar-refractivity contribution < 1.29 is 5.11 Å². The van der Waals surface area contributed by atoms with E-state index in [-0.39, 0.29) is 0 Å². The number of hydrogen-bond donors (Lipinski definition) is 1. The first kappa shape index (κ1) is 9.75. The van der Waals surface area contributed by atoms with Crippen molar-refractivity contribution in [3.05, 3.63) is 11.6 Å². The van der Waals surface area contributed by atoms with Crippen LogP contribution in [0, 0.1) is 0 Å². The number of rotatable bonds is 2. The summed E-state index contributed by atoms with van der Waals surface area (Å²) < 4.78 is 0. The minimum atomic E-state index is -0.540. The van der Waals surface area contributed by atoms with Gasteiger partial charge in [-0.15, -0.1) is 0 Å². The molecule has 1 N–H and O–H groups in total. The van der Waals surface area contributed by atoms with Crippen molar-refractivity contribution in [1.29, 1.82) is 0 Å². The third kappa shape index (κ3) is 3.37. The highest BCUT2D eigenvalue weighted by atomic mass is 16.3. The van der Waals surface area contributed by atoms with E-state index in [9.17, 15) is 5.11 Å². The van der Waals surface area contributed by atoms with Gasteiger partial charge < -0.3 is 10.0 Å². The molecule has 0 aromatic heterocycles. The van der Waals surface area contributed by atoms with Gasteiger partial charge in [0.2, 0.25) is 0 Å². The molecule has 0 saturated carbocycles. The number of aliphatic hydroxyl groups is 1. The van der Waals surface area contributed by atoms with Gasteiger partial charge >= 0.3 is 0 Å². The minimum absolute atomic E-state index is 0.540. The summed E-state index contributed by atoms with van der Waals surface area (Å²) in [5.41, 5.74) is 0.863. The summed E-state index contributed by atoms with van der Waals surface area (Å²) in [5.74, 6) is 0. The predicted octanol–water partition coefficient (Wildman–Crippen LogP) is 1.41. The Hall–Kier alpha value is -0.340. The van der Waals surface area contributed by atoms with Crippen molar-refractivity contribution in [1.82, 2.24) is 4.90 Å². The zero-order chi connectivity index (χ0) is 9.19. The topological polar surface area (TPSA) is 23.5 Å². The molecule has 1 aliphatic rings. The summed E-state index contributed by atoms with van der Waals surface area (Å²) in [4.78, 5) is 2.29. The van der Waals surface area contributed by atoms with Crippen LogP contribution in [-0.2, 0) is 0 Å². The lowest BCUT2D eigenvalue weighted by molar-refractivity contribution is 0.0790. The Morgan fingerprint density at radius 3 is 2.67 bits per heavy atom. The standard InChI is InChI=1S/C10H19NO/c1-10(2,12)8-9-4-6-11(3)7-5-9/h4,12H,5-8H2,1-3H3. The van der Waals surface area contributed by atoms with Crippen molar-refractivity contribution in [2.45, 2.75) is 32.3 Å². The summed E-state index contributed by atoms with van der Waals surface area (Å²) >= 11 is 0. The van der Waals surface area contributed by atoms with Crippen LogP contribution in [0.15, 0.2) is 11.6 Å². The number of nitrogens with zero attached hydrogens (tertiary/aromatic N) is 1. The average Bonchev–Trinajstić information content (AvgIpc) is 1.91. The van der Waals surface area contributed by atoms with Crippen LogP contribution in [0.4, 0.5) is 0 Å². The number of likely N-dealkylation sites (N-methyl/N-ethyl adjacent to an activating group) is 1. The van der Waals surface area contributed by atoms with Gasteiger partial charge in [-0.1, -0.05) is 11.6 Å². The van der Waals surface area contributed by atoms with Gasteiger partial charge in [-0.05, 0) is 33.7 Å². The lowest BCUT2D eigenvalue weighted by atomic mass is 9.94. The molecule has 2 nitrogen and oxygen atoms in total. The third-order valence-electron chi connectivity index (χ3n) is 2.17. The second-order valence-electron chi connectivity index (χ2n) is 4.36. The Morgan fingerprint density at radius 1 is 1.58 bits per heavy atom. The molecule has 2 heteroatoms. The van der Waals surface area contributed by atoms with E-state index in [1.165, 1.54) is 5.57 Å². The zero-order valence-electron chi connectivity index (χ0n) is 8.30. The highest BCUT2D eigenvalue weighted by Gasteiger charge is 2.17. The van der Waals surface area contributed by atoms with E-state index in [0.717, 1.165) is 25.9 Å². The SMILES string of the molecule is CN1CC=C(CC(C)(C)O)CC1. The van der Waals surface area contributed by atoms with Crippen LogP contribution in [0.3, 0.4) is 0 Å². The highest BCUT2D eigenvalue weighted by Crippen LogP contribution is 2.20. The molecule has 0 fully saturated rings. The summed E-state index contributed by atoms with van der Waals surface area (Å²) in [6.07, 6.45) is 4.17. The summed E-state index contributed by atoms with van der Waals surface area (Å²) in [7, 11) is 2.12. The van der Waals surface area contributed by atoms with Crippen LogP contribution < -0.4 is 0 Å². The van der Waals surface area contributed by atoms with Crippen molar-refractivity contribution in [3.8, 4) is 0 Å². The Kier molecular flexibility index (Phi) is 2.91. The summed E-state index contributed by atoms with van der Waals surface area (Å²) in [5, 5.41) is 9.58. The molecule has 70 valence electrons. The Balaban J connectivity index is 2.44. The second-order valence-corrected chi connectivity index (χ2v) is 4.36. The molecule has 1 heterocycles. The molecule has 0 bridgehead atoms. The van der Waals surface area contributed by atoms with Gasteiger partial charge in [-0.3, -0.25) is 0 Å². The lowest BCUT2D eigenvalue weighted by Gasteiger charge is -2.25. The van der Waals surface area contributed by atoms with E-state index in [2.05, 4.69) is 18.0 Å². The van der Waals surface area contributed by atoms with Crippen LogP contribution in [0.5, 0.6) is 0 Å². The molecule has 0 aliphatic carbocycles. The molecular formula is C10H19NO. The molecule has 0 atom stereocenters. The zero-order valence-corrected chi connectivity index (χ0v) is 8.30. The Labute approximate surface area is 74.9 Å². The van der Waals surface area contributed by atoms with Gasteiger partial charge in [-0.25, -0.2) is 0 Å². The minimum Gasteiger partial charge on any atom is -0.390 e. The Morgan fingerprint density at radius 2 is 2.25 bits per heavy atom. The van der Waals surface area contributed by atoms with Crippen LogP contribution >= 0.6 is 0 Å². The highest BCUT2D eigenvalue weighted by molar-refractivity contribution is 5.09. The molecule has 0 aromatic carbocycles.